The second kappa shape index (κ2) is 7.84. The van der Waals surface area contributed by atoms with Crippen LogP contribution in [0.1, 0.15) is 12.8 Å². The Balaban J connectivity index is 1.69. The minimum Gasteiger partial charge on any atom is -0.489 e. The number of rotatable bonds is 6. The van der Waals surface area contributed by atoms with Crippen molar-refractivity contribution in [2.45, 2.75) is 25.0 Å². The average Bonchev–Trinajstić information content (AvgIpc) is 2.46. The zero-order valence-corrected chi connectivity index (χ0v) is 13.0. The van der Waals surface area contributed by atoms with Gasteiger partial charge in [0.15, 0.2) is 0 Å². The molecule has 1 aliphatic heterocycles. The number of carbonyl (C=O) groups is 1. The number of piperidine rings is 1. The van der Waals surface area contributed by atoms with Gasteiger partial charge in [-0.3, -0.25) is 4.79 Å². The average molecular weight is 333 g/mol. The van der Waals surface area contributed by atoms with E-state index < -0.39 is 6.10 Å². The van der Waals surface area contributed by atoms with E-state index in [2.05, 4.69) is 10.6 Å². The van der Waals surface area contributed by atoms with Crippen molar-refractivity contribution in [1.29, 1.82) is 0 Å². The number of ether oxygens (including phenoxy) is 1. The fourth-order valence-electron chi connectivity index (χ4n) is 2.05. The van der Waals surface area contributed by atoms with E-state index in [1.165, 1.54) is 0 Å². The number of amides is 1. The number of hydrogen-bond acceptors (Lipinski definition) is 4. The Morgan fingerprint density at radius 1 is 1.48 bits per heavy atom. The quantitative estimate of drug-likeness (QED) is 0.740. The zero-order valence-electron chi connectivity index (χ0n) is 11.4. The molecule has 3 N–H and O–H groups in total. The number of carbonyl (C=O) groups excluding carboxylic acids is 1. The summed E-state index contributed by atoms with van der Waals surface area (Å²) in [6, 6.07) is 5.13. The molecule has 0 radical (unpaired) electrons. The summed E-state index contributed by atoms with van der Waals surface area (Å²) < 4.78 is 5.46. The lowest BCUT2D eigenvalue weighted by atomic mass is 10.1. The van der Waals surface area contributed by atoms with Crippen LogP contribution in [0.15, 0.2) is 18.2 Å². The molecule has 0 aromatic heterocycles. The summed E-state index contributed by atoms with van der Waals surface area (Å²) in [5, 5.41) is 16.8. The third-order valence-corrected chi connectivity index (χ3v) is 3.76. The van der Waals surface area contributed by atoms with Crippen LogP contribution in [0.5, 0.6) is 5.75 Å². The number of aliphatic hydroxyl groups excluding tert-OH is 1. The summed E-state index contributed by atoms with van der Waals surface area (Å²) in [5.41, 5.74) is 0. The van der Waals surface area contributed by atoms with E-state index in [-0.39, 0.29) is 18.6 Å². The van der Waals surface area contributed by atoms with Crippen LogP contribution in [0.25, 0.3) is 0 Å². The zero-order chi connectivity index (χ0) is 15.2. The van der Waals surface area contributed by atoms with Gasteiger partial charge in [-0.15, -0.1) is 0 Å². The summed E-state index contributed by atoms with van der Waals surface area (Å²) in [7, 11) is 0. The Kier molecular flexibility index (Phi) is 6.11. The highest BCUT2D eigenvalue weighted by Crippen LogP contribution is 2.27. The molecule has 2 unspecified atom stereocenters. The van der Waals surface area contributed by atoms with E-state index in [9.17, 15) is 9.90 Å². The Morgan fingerprint density at radius 3 is 2.95 bits per heavy atom. The molecule has 5 nitrogen and oxygen atoms in total. The first-order chi connectivity index (χ1) is 10.0. The van der Waals surface area contributed by atoms with Gasteiger partial charge in [0.1, 0.15) is 18.5 Å². The molecule has 1 aliphatic rings. The Hall–Kier alpha value is -1.01. The fourth-order valence-corrected chi connectivity index (χ4v) is 2.51. The lowest BCUT2D eigenvalue weighted by Gasteiger charge is -2.24. The third kappa shape index (κ3) is 5.36. The van der Waals surface area contributed by atoms with Crippen LogP contribution in [0, 0.1) is 0 Å². The second-order valence-corrected chi connectivity index (χ2v) is 5.83. The molecule has 0 bridgehead atoms. The number of nitrogens with one attached hydrogen (secondary N) is 2. The number of halogens is 2. The molecule has 1 aromatic rings. The van der Waals surface area contributed by atoms with Gasteiger partial charge in [0.2, 0.25) is 5.91 Å². The molecule has 116 valence electrons. The summed E-state index contributed by atoms with van der Waals surface area (Å²) in [6.07, 6.45) is 0.641. The summed E-state index contributed by atoms with van der Waals surface area (Å²) in [4.78, 5) is 11.0. The predicted octanol–water partition coefficient (Wildman–Crippen LogP) is 1.60. The highest BCUT2D eigenvalue weighted by molar-refractivity contribution is 6.35. The van der Waals surface area contributed by atoms with Crippen molar-refractivity contribution in [1.82, 2.24) is 10.6 Å². The number of aliphatic hydroxyl groups is 1. The van der Waals surface area contributed by atoms with Gasteiger partial charge in [0.25, 0.3) is 0 Å². The van der Waals surface area contributed by atoms with Gasteiger partial charge in [-0.25, -0.2) is 0 Å². The van der Waals surface area contributed by atoms with Crippen molar-refractivity contribution >= 4 is 29.1 Å². The van der Waals surface area contributed by atoms with Gasteiger partial charge in [0.05, 0.1) is 5.02 Å². The van der Waals surface area contributed by atoms with Crippen LogP contribution in [-0.4, -0.2) is 42.9 Å². The smallest absolute Gasteiger partial charge is 0.220 e. The second-order valence-electron chi connectivity index (χ2n) is 4.99. The van der Waals surface area contributed by atoms with Crippen LogP contribution in [0.3, 0.4) is 0 Å². The molecule has 21 heavy (non-hydrogen) atoms. The van der Waals surface area contributed by atoms with E-state index in [1.54, 1.807) is 18.2 Å². The summed E-state index contributed by atoms with van der Waals surface area (Å²) >= 11 is 11.8. The van der Waals surface area contributed by atoms with Gasteiger partial charge in [-0.05, 0) is 24.6 Å². The molecule has 1 fully saturated rings. The minimum atomic E-state index is -0.658. The maximum absolute atomic E-state index is 11.0. The van der Waals surface area contributed by atoms with E-state index in [1.807, 2.05) is 0 Å². The maximum Gasteiger partial charge on any atom is 0.220 e. The standard InChI is InChI=1S/C14H18Cl2N2O3/c15-9-1-3-13(12(16)5-9)21-8-11(19)7-17-10-2-4-14(20)18-6-10/h1,3,5,10-11,17,19H,2,4,6-8H2,(H,18,20). The molecule has 0 saturated carbocycles. The molecule has 0 spiro atoms. The SMILES string of the molecule is O=C1CCC(NCC(O)COc2ccc(Cl)cc2Cl)CN1. The van der Waals surface area contributed by atoms with Crippen molar-refractivity contribution in [3.05, 3.63) is 28.2 Å². The molecule has 7 heteroatoms. The van der Waals surface area contributed by atoms with Gasteiger partial charge >= 0.3 is 0 Å². The monoisotopic (exact) mass is 332 g/mol. The predicted molar refractivity (Wildman–Crippen MR) is 82.0 cm³/mol. The van der Waals surface area contributed by atoms with Crippen molar-refractivity contribution in [2.75, 3.05) is 19.7 Å². The highest BCUT2D eigenvalue weighted by atomic mass is 35.5. The molecule has 1 aromatic carbocycles. The fraction of sp³-hybridized carbons (Fsp3) is 0.500. The van der Waals surface area contributed by atoms with Crippen LogP contribution in [0.2, 0.25) is 10.0 Å². The van der Waals surface area contributed by atoms with Crippen LogP contribution < -0.4 is 15.4 Å². The number of benzene rings is 1. The summed E-state index contributed by atoms with van der Waals surface area (Å²) in [6.45, 7) is 1.12. The van der Waals surface area contributed by atoms with Crippen molar-refractivity contribution in [3.63, 3.8) is 0 Å². The van der Waals surface area contributed by atoms with Gasteiger partial charge in [-0.2, -0.15) is 0 Å². The molecular formula is C14H18Cl2N2O3. The lowest BCUT2D eigenvalue weighted by Crippen LogP contribution is -2.48. The Labute approximate surface area is 133 Å². The highest BCUT2D eigenvalue weighted by Gasteiger charge is 2.18. The van der Waals surface area contributed by atoms with Crippen molar-refractivity contribution in [2.24, 2.45) is 0 Å². The Bertz CT molecular complexity index is 489. The largest absolute Gasteiger partial charge is 0.489 e. The summed E-state index contributed by atoms with van der Waals surface area (Å²) in [5.74, 6) is 0.569. The first-order valence-corrected chi connectivity index (χ1v) is 7.56. The normalized spacial score (nSPS) is 20.0. The first-order valence-electron chi connectivity index (χ1n) is 6.80. The molecule has 2 rings (SSSR count). The molecule has 1 amide bonds. The van der Waals surface area contributed by atoms with Crippen molar-refractivity contribution in [3.8, 4) is 5.75 Å². The van der Waals surface area contributed by atoms with Crippen LogP contribution >= 0.6 is 23.2 Å². The maximum atomic E-state index is 11.0. The van der Waals surface area contributed by atoms with Crippen molar-refractivity contribution < 1.29 is 14.6 Å². The van der Waals surface area contributed by atoms with E-state index in [0.29, 0.717) is 35.3 Å². The topological polar surface area (TPSA) is 70.6 Å². The van der Waals surface area contributed by atoms with E-state index >= 15 is 0 Å². The molecular weight excluding hydrogens is 315 g/mol. The molecule has 1 saturated heterocycles. The first kappa shape index (κ1) is 16.4. The van der Waals surface area contributed by atoms with Crippen LogP contribution in [0.4, 0.5) is 0 Å². The molecule has 2 atom stereocenters. The van der Waals surface area contributed by atoms with Gasteiger partial charge in [-0.1, -0.05) is 23.2 Å². The van der Waals surface area contributed by atoms with Gasteiger partial charge < -0.3 is 20.5 Å². The molecule has 0 aliphatic carbocycles. The Morgan fingerprint density at radius 2 is 2.29 bits per heavy atom. The van der Waals surface area contributed by atoms with Crippen LogP contribution in [-0.2, 0) is 4.79 Å². The van der Waals surface area contributed by atoms with E-state index in [4.69, 9.17) is 27.9 Å². The lowest BCUT2D eigenvalue weighted by molar-refractivity contribution is -0.122. The third-order valence-electron chi connectivity index (χ3n) is 3.23. The number of hydrogen-bond donors (Lipinski definition) is 3. The van der Waals surface area contributed by atoms with Gasteiger partial charge in [0, 0.05) is 30.6 Å². The van der Waals surface area contributed by atoms with E-state index in [0.717, 1.165) is 6.42 Å². The molecule has 1 heterocycles. The minimum absolute atomic E-state index is 0.0781.